The Morgan fingerprint density at radius 1 is 1.11 bits per heavy atom. The normalized spacial score (nSPS) is 16.6. The molecule has 2 saturated heterocycles. The van der Waals surface area contributed by atoms with Gasteiger partial charge in [-0.25, -0.2) is 0 Å². The van der Waals surface area contributed by atoms with Gasteiger partial charge in [0.2, 0.25) is 5.91 Å². The third-order valence-corrected chi connectivity index (χ3v) is 7.20. The molecule has 1 N–H and O–H groups in total. The van der Waals surface area contributed by atoms with E-state index in [1.54, 1.807) is 47.4 Å². The van der Waals surface area contributed by atoms with Gasteiger partial charge in [-0.15, -0.1) is 0 Å². The first kappa shape index (κ1) is 27.7. The van der Waals surface area contributed by atoms with Crippen LogP contribution in [0.5, 0.6) is 11.5 Å². The van der Waals surface area contributed by atoms with E-state index in [0.717, 1.165) is 16.7 Å². The van der Waals surface area contributed by atoms with Crippen molar-refractivity contribution >= 4 is 62.4 Å². The lowest BCUT2D eigenvalue weighted by atomic mass is 10.2. The monoisotopic (exact) mass is 603 g/mol. The fourth-order valence-electron chi connectivity index (χ4n) is 3.73. The van der Waals surface area contributed by atoms with E-state index in [1.165, 1.54) is 0 Å². The molecule has 0 bridgehead atoms. The van der Waals surface area contributed by atoms with Crippen molar-refractivity contribution in [2.75, 3.05) is 51.4 Å². The van der Waals surface area contributed by atoms with Gasteiger partial charge >= 0.3 is 0 Å². The van der Waals surface area contributed by atoms with Gasteiger partial charge in [-0.3, -0.25) is 24.1 Å². The Bertz CT molecular complexity index is 1260. The molecule has 2 aliphatic rings. The van der Waals surface area contributed by atoms with E-state index in [1.807, 2.05) is 13.0 Å². The average molecular weight is 604 g/mol. The number of nitrogens with one attached hydrogen (secondary N) is 1. The van der Waals surface area contributed by atoms with Crippen LogP contribution in [0.3, 0.4) is 0 Å². The van der Waals surface area contributed by atoms with Crippen LogP contribution in [0.2, 0.25) is 0 Å². The highest BCUT2D eigenvalue weighted by Crippen LogP contribution is 2.35. The summed E-state index contributed by atoms with van der Waals surface area (Å²) in [5.41, 5.74) is 1.14. The van der Waals surface area contributed by atoms with Crippen molar-refractivity contribution in [2.45, 2.75) is 6.92 Å². The number of thioether (sulfide) groups is 1. The molecule has 2 aromatic carbocycles. The molecule has 12 heteroatoms. The summed E-state index contributed by atoms with van der Waals surface area (Å²) in [5, 5.41) is 2.15. The molecular weight excluding hydrogens is 578 g/mol. The number of rotatable bonds is 9. The Labute approximate surface area is 232 Å². The molecule has 4 rings (SSSR count). The van der Waals surface area contributed by atoms with Crippen molar-refractivity contribution in [3.63, 3.8) is 0 Å². The van der Waals surface area contributed by atoms with Gasteiger partial charge in [0.05, 0.1) is 30.4 Å². The Morgan fingerprint density at radius 3 is 2.61 bits per heavy atom. The van der Waals surface area contributed by atoms with Crippen molar-refractivity contribution in [1.82, 2.24) is 9.80 Å². The zero-order valence-electron chi connectivity index (χ0n) is 20.6. The molecule has 2 aromatic rings. The molecule has 2 aliphatic heterocycles. The minimum atomic E-state index is -0.559. The number of halogens is 1. The van der Waals surface area contributed by atoms with Gasteiger partial charge in [0.1, 0.15) is 6.54 Å². The molecule has 0 aliphatic carbocycles. The lowest BCUT2D eigenvalue weighted by Crippen LogP contribution is -2.43. The zero-order chi connectivity index (χ0) is 27.1. The molecule has 4 amide bonds. The van der Waals surface area contributed by atoms with E-state index >= 15 is 0 Å². The maximum Gasteiger partial charge on any atom is 0.294 e. The van der Waals surface area contributed by atoms with Crippen LogP contribution in [0.15, 0.2) is 51.8 Å². The second-order valence-corrected chi connectivity index (χ2v) is 10.1. The number of anilines is 1. The Kier molecular flexibility index (Phi) is 9.43. The zero-order valence-corrected chi connectivity index (χ0v) is 23.0. The molecular formula is C26H26BrN3O7S. The predicted octanol–water partition coefficient (Wildman–Crippen LogP) is 3.76. The summed E-state index contributed by atoms with van der Waals surface area (Å²) >= 11 is 4.10. The number of carbonyl (C=O) groups excluding carboxylic acids is 4. The van der Waals surface area contributed by atoms with E-state index in [9.17, 15) is 19.2 Å². The molecule has 2 fully saturated rings. The largest absolute Gasteiger partial charge is 0.490 e. The SMILES string of the molecule is CCOc1cc(/C=C2\SC(=O)N(CC(=O)Nc3ccccc3Br)C2=O)ccc1OCC(=O)N1CCOCC1. The first-order valence-corrected chi connectivity index (χ1v) is 13.5. The number of amides is 4. The van der Waals surface area contributed by atoms with Crippen LogP contribution in [0.1, 0.15) is 12.5 Å². The summed E-state index contributed by atoms with van der Waals surface area (Å²) in [5.74, 6) is -0.397. The summed E-state index contributed by atoms with van der Waals surface area (Å²) < 4.78 is 17.4. The smallest absolute Gasteiger partial charge is 0.294 e. The van der Waals surface area contributed by atoms with Crippen LogP contribution < -0.4 is 14.8 Å². The van der Waals surface area contributed by atoms with E-state index in [2.05, 4.69) is 21.2 Å². The number of morpholine rings is 1. The van der Waals surface area contributed by atoms with Crippen LogP contribution in [0.4, 0.5) is 10.5 Å². The highest BCUT2D eigenvalue weighted by Gasteiger charge is 2.36. The summed E-state index contributed by atoms with van der Waals surface area (Å²) in [6.45, 7) is 3.70. The number of ether oxygens (including phenoxy) is 3. The van der Waals surface area contributed by atoms with E-state index < -0.39 is 23.6 Å². The quantitative estimate of drug-likeness (QED) is 0.431. The predicted molar refractivity (Wildman–Crippen MR) is 146 cm³/mol. The third-order valence-electron chi connectivity index (χ3n) is 5.60. The van der Waals surface area contributed by atoms with Gasteiger partial charge in [-0.2, -0.15) is 0 Å². The molecule has 38 heavy (non-hydrogen) atoms. The maximum absolute atomic E-state index is 12.9. The summed E-state index contributed by atoms with van der Waals surface area (Å²) in [6.07, 6.45) is 1.56. The summed E-state index contributed by atoms with van der Waals surface area (Å²) in [6, 6.07) is 12.1. The Morgan fingerprint density at radius 2 is 1.87 bits per heavy atom. The van der Waals surface area contributed by atoms with Crippen molar-refractivity contribution < 1.29 is 33.4 Å². The molecule has 0 aromatic heterocycles. The fourth-order valence-corrected chi connectivity index (χ4v) is 4.95. The first-order chi connectivity index (χ1) is 18.4. The highest BCUT2D eigenvalue weighted by molar-refractivity contribution is 9.10. The topological polar surface area (TPSA) is 114 Å². The van der Waals surface area contributed by atoms with Crippen LogP contribution in [0.25, 0.3) is 6.08 Å². The first-order valence-electron chi connectivity index (χ1n) is 11.9. The Hall–Kier alpha value is -3.35. The standard InChI is InChI=1S/C26H26BrN3O7S/c1-2-36-21-13-17(7-8-20(21)37-16-24(32)29-9-11-35-12-10-29)14-22-25(33)30(26(34)38-22)15-23(31)28-19-6-4-3-5-18(19)27/h3-8,13-14H,2,9-12,15-16H2,1H3,(H,28,31)/b22-14-. The summed E-state index contributed by atoms with van der Waals surface area (Å²) in [7, 11) is 0. The number of para-hydroxylation sites is 1. The van der Waals surface area contributed by atoms with Gasteiger partial charge in [0.15, 0.2) is 18.1 Å². The number of imide groups is 1. The van der Waals surface area contributed by atoms with Gasteiger partial charge < -0.3 is 24.4 Å². The van der Waals surface area contributed by atoms with E-state index in [0.29, 0.717) is 60.1 Å². The molecule has 10 nitrogen and oxygen atoms in total. The van der Waals surface area contributed by atoms with Gasteiger partial charge in [0, 0.05) is 17.6 Å². The van der Waals surface area contributed by atoms with Crippen molar-refractivity contribution in [1.29, 1.82) is 0 Å². The lowest BCUT2D eigenvalue weighted by Gasteiger charge is -2.26. The van der Waals surface area contributed by atoms with E-state index in [4.69, 9.17) is 14.2 Å². The van der Waals surface area contributed by atoms with Gasteiger partial charge in [0.25, 0.3) is 17.1 Å². The van der Waals surface area contributed by atoms with Crippen LogP contribution >= 0.6 is 27.7 Å². The Balaban J connectivity index is 1.41. The minimum Gasteiger partial charge on any atom is -0.490 e. The molecule has 200 valence electrons. The van der Waals surface area contributed by atoms with Crippen LogP contribution in [-0.2, 0) is 19.1 Å². The number of hydrogen-bond donors (Lipinski definition) is 1. The number of hydrogen-bond acceptors (Lipinski definition) is 8. The highest BCUT2D eigenvalue weighted by atomic mass is 79.9. The molecule has 2 heterocycles. The average Bonchev–Trinajstić information content (AvgIpc) is 3.17. The van der Waals surface area contributed by atoms with Crippen LogP contribution in [0, 0.1) is 0 Å². The molecule has 0 radical (unpaired) electrons. The van der Waals surface area contributed by atoms with Crippen molar-refractivity contribution in [2.24, 2.45) is 0 Å². The van der Waals surface area contributed by atoms with Crippen molar-refractivity contribution in [3.8, 4) is 11.5 Å². The van der Waals surface area contributed by atoms with E-state index in [-0.39, 0.29) is 17.4 Å². The van der Waals surface area contributed by atoms with Crippen LogP contribution in [-0.4, -0.2) is 78.8 Å². The number of carbonyl (C=O) groups is 4. The van der Waals surface area contributed by atoms with Gasteiger partial charge in [-0.05, 0) is 70.5 Å². The maximum atomic E-state index is 12.9. The summed E-state index contributed by atoms with van der Waals surface area (Å²) in [4.78, 5) is 53.1. The molecule has 0 atom stereocenters. The molecule has 0 spiro atoms. The lowest BCUT2D eigenvalue weighted by molar-refractivity contribution is -0.137. The molecule has 0 saturated carbocycles. The van der Waals surface area contributed by atoms with Crippen molar-refractivity contribution in [3.05, 3.63) is 57.4 Å². The number of benzene rings is 2. The minimum absolute atomic E-state index is 0.139. The molecule has 0 unspecified atom stereocenters. The fraction of sp³-hybridized carbons (Fsp3) is 0.308. The second kappa shape index (κ2) is 12.9. The second-order valence-electron chi connectivity index (χ2n) is 8.22. The number of nitrogens with zero attached hydrogens (tertiary/aromatic N) is 2. The van der Waals surface area contributed by atoms with Gasteiger partial charge in [-0.1, -0.05) is 18.2 Å². The third kappa shape index (κ3) is 6.94.